The minimum Gasteiger partial charge on any atom is -0.493 e. The Bertz CT molecular complexity index is 1070. The van der Waals surface area contributed by atoms with Crippen LogP contribution in [0.5, 0.6) is 28.7 Å². The van der Waals surface area contributed by atoms with E-state index >= 15 is 0 Å². The van der Waals surface area contributed by atoms with Crippen molar-refractivity contribution in [3.8, 4) is 28.7 Å². The third-order valence-electron chi connectivity index (χ3n) is 5.15. The molecule has 0 aliphatic heterocycles. The number of rotatable bonds is 11. The highest BCUT2D eigenvalue weighted by Crippen LogP contribution is 2.38. The predicted molar refractivity (Wildman–Crippen MR) is 124 cm³/mol. The topological polar surface area (TPSA) is 93.1 Å². The molecule has 0 atom stereocenters. The molecule has 0 bridgehead atoms. The molecule has 0 fully saturated rings. The highest BCUT2D eigenvalue weighted by molar-refractivity contribution is 5.90. The monoisotopic (exact) mass is 455 g/mol. The molecule has 9 heteroatoms. The Morgan fingerprint density at radius 1 is 0.879 bits per heavy atom. The molecule has 1 N–H and O–H groups in total. The quantitative estimate of drug-likeness (QED) is 0.473. The minimum atomic E-state index is -0.136. The van der Waals surface area contributed by atoms with Crippen LogP contribution < -0.4 is 29.0 Å². The van der Waals surface area contributed by atoms with Gasteiger partial charge < -0.3 is 29.0 Å². The summed E-state index contributed by atoms with van der Waals surface area (Å²) >= 11 is 0. The second-order valence-corrected chi connectivity index (χ2v) is 7.11. The zero-order chi connectivity index (χ0) is 23.8. The molecule has 0 unspecified atom stereocenters. The van der Waals surface area contributed by atoms with Crippen LogP contribution in [0.3, 0.4) is 0 Å². The number of ether oxygens (including phenoxy) is 5. The normalized spacial score (nSPS) is 10.5. The van der Waals surface area contributed by atoms with Crippen molar-refractivity contribution >= 4 is 11.7 Å². The first-order valence-corrected chi connectivity index (χ1v) is 10.3. The van der Waals surface area contributed by atoms with Gasteiger partial charge in [0, 0.05) is 18.1 Å². The molecule has 0 spiro atoms. The second-order valence-electron chi connectivity index (χ2n) is 7.11. The number of carbonyl (C=O) groups excluding carboxylic acids is 1. The maximum absolute atomic E-state index is 12.7. The molecule has 33 heavy (non-hydrogen) atoms. The van der Waals surface area contributed by atoms with Crippen molar-refractivity contribution in [2.75, 3.05) is 40.9 Å². The van der Waals surface area contributed by atoms with Crippen LogP contribution in [-0.4, -0.2) is 51.2 Å². The summed E-state index contributed by atoms with van der Waals surface area (Å²) in [6.07, 6.45) is 2.41. The summed E-state index contributed by atoms with van der Waals surface area (Å²) < 4.78 is 28.7. The number of para-hydroxylation sites is 1. The Hall–Kier alpha value is -3.88. The Kier molecular flexibility index (Phi) is 8.01. The fourth-order valence-corrected chi connectivity index (χ4v) is 3.55. The number of hydrogen-bond acceptors (Lipinski definition) is 7. The van der Waals surface area contributed by atoms with Gasteiger partial charge in [0.05, 0.1) is 48.3 Å². The molecule has 9 nitrogen and oxygen atoms in total. The van der Waals surface area contributed by atoms with Gasteiger partial charge in [0.2, 0.25) is 11.7 Å². The number of nitrogens with one attached hydrogen (secondary N) is 1. The van der Waals surface area contributed by atoms with E-state index in [-0.39, 0.29) is 12.3 Å². The van der Waals surface area contributed by atoms with Crippen molar-refractivity contribution in [2.24, 2.45) is 0 Å². The molecule has 0 saturated heterocycles. The van der Waals surface area contributed by atoms with Gasteiger partial charge >= 0.3 is 0 Å². The van der Waals surface area contributed by atoms with Crippen LogP contribution in [0.25, 0.3) is 0 Å². The van der Waals surface area contributed by atoms with Gasteiger partial charge in [-0.3, -0.25) is 4.79 Å². The largest absolute Gasteiger partial charge is 0.493 e. The lowest BCUT2D eigenvalue weighted by molar-refractivity contribution is -0.116. The van der Waals surface area contributed by atoms with E-state index in [1.165, 1.54) is 0 Å². The first kappa shape index (κ1) is 23.8. The highest BCUT2D eigenvalue weighted by Gasteiger charge is 2.16. The molecule has 0 aliphatic rings. The number of aromatic nitrogens is 2. The Morgan fingerprint density at radius 2 is 1.55 bits per heavy atom. The van der Waals surface area contributed by atoms with Gasteiger partial charge in [0.1, 0.15) is 5.82 Å². The maximum atomic E-state index is 12.7. The molecule has 3 aromatic rings. The average molecular weight is 456 g/mol. The van der Waals surface area contributed by atoms with Gasteiger partial charge in [-0.15, -0.1) is 0 Å². The van der Waals surface area contributed by atoms with E-state index in [0.29, 0.717) is 47.5 Å². The second kappa shape index (κ2) is 11.1. The van der Waals surface area contributed by atoms with E-state index in [0.717, 1.165) is 11.1 Å². The molecular formula is C24H29N3O6. The van der Waals surface area contributed by atoms with E-state index in [1.54, 1.807) is 52.5 Å². The van der Waals surface area contributed by atoms with Gasteiger partial charge in [-0.1, -0.05) is 12.1 Å². The highest BCUT2D eigenvalue weighted by atomic mass is 16.5. The van der Waals surface area contributed by atoms with Crippen LogP contribution in [-0.2, 0) is 17.8 Å². The van der Waals surface area contributed by atoms with Gasteiger partial charge in [-0.25, -0.2) is 4.68 Å². The van der Waals surface area contributed by atoms with Gasteiger partial charge in [0.15, 0.2) is 23.0 Å². The molecule has 176 valence electrons. The Balaban J connectivity index is 1.68. The van der Waals surface area contributed by atoms with Crippen LogP contribution in [0, 0.1) is 0 Å². The molecule has 0 radical (unpaired) electrons. The van der Waals surface area contributed by atoms with Crippen molar-refractivity contribution in [3.63, 3.8) is 0 Å². The first-order chi connectivity index (χ1) is 16.0. The van der Waals surface area contributed by atoms with E-state index in [2.05, 4.69) is 10.4 Å². The predicted octanol–water partition coefficient (Wildman–Crippen LogP) is 3.55. The standard InChI is InChI=1S/C24H29N3O6/c1-29-18-8-6-7-17(23(18)32-4)15-27-21(11-12-25-27)26-22(28)10-9-16-13-19(30-2)24(33-5)20(14-16)31-3/h6-8,11-14H,9-10,15H2,1-5H3,(H,26,28). The van der Waals surface area contributed by atoms with Gasteiger partial charge in [-0.2, -0.15) is 5.10 Å². The number of amides is 1. The van der Waals surface area contributed by atoms with Crippen LogP contribution in [0.15, 0.2) is 42.6 Å². The number of carbonyl (C=O) groups is 1. The molecule has 1 aromatic heterocycles. The lowest BCUT2D eigenvalue weighted by atomic mass is 10.1. The number of nitrogens with zero attached hydrogens (tertiary/aromatic N) is 2. The molecule has 0 aliphatic carbocycles. The average Bonchev–Trinajstić information content (AvgIpc) is 3.27. The van der Waals surface area contributed by atoms with Crippen LogP contribution >= 0.6 is 0 Å². The summed E-state index contributed by atoms with van der Waals surface area (Å²) in [6, 6.07) is 11.1. The zero-order valence-corrected chi connectivity index (χ0v) is 19.5. The summed E-state index contributed by atoms with van der Waals surface area (Å²) in [5, 5.41) is 7.27. The van der Waals surface area contributed by atoms with Crippen LogP contribution in [0.4, 0.5) is 5.82 Å². The fourth-order valence-electron chi connectivity index (χ4n) is 3.55. The third kappa shape index (κ3) is 5.49. The molecular weight excluding hydrogens is 426 g/mol. The van der Waals surface area contributed by atoms with E-state index in [4.69, 9.17) is 23.7 Å². The van der Waals surface area contributed by atoms with Crippen LogP contribution in [0.1, 0.15) is 17.5 Å². The molecule has 3 rings (SSSR count). The summed E-state index contributed by atoms with van der Waals surface area (Å²) in [4.78, 5) is 12.7. The van der Waals surface area contributed by atoms with Crippen molar-refractivity contribution < 1.29 is 28.5 Å². The summed E-state index contributed by atoms with van der Waals surface area (Å²) in [5.74, 6) is 3.35. The van der Waals surface area contributed by atoms with Crippen molar-refractivity contribution in [3.05, 3.63) is 53.7 Å². The Labute approximate surface area is 193 Å². The minimum absolute atomic E-state index is 0.136. The number of aryl methyl sites for hydroxylation is 1. The molecule has 1 heterocycles. The van der Waals surface area contributed by atoms with Gasteiger partial charge in [0.25, 0.3) is 0 Å². The number of methoxy groups -OCH3 is 5. The number of anilines is 1. The van der Waals surface area contributed by atoms with E-state index in [1.807, 2.05) is 30.3 Å². The lowest BCUT2D eigenvalue weighted by Crippen LogP contribution is -2.16. The molecule has 0 saturated carbocycles. The Morgan fingerprint density at radius 3 is 2.15 bits per heavy atom. The van der Waals surface area contributed by atoms with Crippen molar-refractivity contribution in [2.45, 2.75) is 19.4 Å². The fraction of sp³-hybridized carbons (Fsp3) is 0.333. The van der Waals surface area contributed by atoms with Crippen molar-refractivity contribution in [1.82, 2.24) is 9.78 Å². The maximum Gasteiger partial charge on any atom is 0.225 e. The summed E-state index contributed by atoms with van der Waals surface area (Å²) in [6.45, 7) is 0.413. The first-order valence-electron chi connectivity index (χ1n) is 10.3. The number of hydrogen-bond donors (Lipinski definition) is 1. The third-order valence-corrected chi connectivity index (χ3v) is 5.15. The van der Waals surface area contributed by atoms with E-state index < -0.39 is 0 Å². The summed E-state index contributed by atoms with van der Waals surface area (Å²) in [5.41, 5.74) is 1.78. The summed E-state index contributed by atoms with van der Waals surface area (Å²) in [7, 11) is 7.86. The van der Waals surface area contributed by atoms with Gasteiger partial charge in [-0.05, 0) is 30.2 Å². The lowest BCUT2D eigenvalue weighted by Gasteiger charge is -2.15. The smallest absolute Gasteiger partial charge is 0.225 e. The SMILES string of the molecule is COc1cccc(Cn2nccc2NC(=O)CCc2cc(OC)c(OC)c(OC)c2)c1OC. The molecule has 2 aromatic carbocycles. The molecule has 1 amide bonds. The van der Waals surface area contributed by atoms with E-state index in [9.17, 15) is 4.79 Å². The van der Waals surface area contributed by atoms with Crippen molar-refractivity contribution in [1.29, 1.82) is 0 Å². The number of benzene rings is 2. The van der Waals surface area contributed by atoms with Crippen LogP contribution in [0.2, 0.25) is 0 Å². The zero-order valence-electron chi connectivity index (χ0n) is 19.5.